The van der Waals surface area contributed by atoms with Gasteiger partial charge in [-0.15, -0.1) is 0 Å². The molecule has 2 aliphatic heterocycles. The number of nitrogens with zero attached hydrogens (tertiary/aromatic N) is 3. The van der Waals surface area contributed by atoms with Gasteiger partial charge in [0.2, 0.25) is 0 Å². The molecule has 24 heavy (non-hydrogen) atoms. The lowest BCUT2D eigenvalue weighted by Crippen LogP contribution is -2.50. The van der Waals surface area contributed by atoms with Gasteiger partial charge in [-0.25, -0.2) is 0 Å². The van der Waals surface area contributed by atoms with E-state index in [9.17, 15) is 4.79 Å². The Morgan fingerprint density at radius 1 is 1.08 bits per heavy atom. The van der Waals surface area contributed by atoms with Crippen molar-refractivity contribution >= 4 is 5.91 Å². The van der Waals surface area contributed by atoms with Crippen LogP contribution in [0.3, 0.4) is 0 Å². The van der Waals surface area contributed by atoms with Crippen molar-refractivity contribution in [1.82, 2.24) is 14.7 Å². The SMILES string of the molecule is CC(C)N1CCN(C(=O)c2cccc(CN3CCOCC3)c2)CC1. The fourth-order valence-corrected chi connectivity index (χ4v) is 3.44. The first-order valence-electron chi connectivity index (χ1n) is 9.06. The first-order chi connectivity index (χ1) is 11.6. The van der Waals surface area contributed by atoms with Crippen LogP contribution >= 0.6 is 0 Å². The molecule has 0 unspecified atom stereocenters. The topological polar surface area (TPSA) is 36.0 Å². The van der Waals surface area contributed by atoms with Crippen molar-refractivity contribution in [3.05, 3.63) is 35.4 Å². The van der Waals surface area contributed by atoms with E-state index in [4.69, 9.17) is 4.74 Å². The molecule has 1 aromatic carbocycles. The second-order valence-electron chi connectivity index (χ2n) is 7.01. The predicted octanol–water partition coefficient (Wildman–Crippen LogP) is 1.69. The number of rotatable bonds is 4. The third-order valence-corrected chi connectivity index (χ3v) is 5.02. The number of carbonyl (C=O) groups is 1. The van der Waals surface area contributed by atoms with Gasteiger partial charge in [0.25, 0.3) is 5.91 Å². The summed E-state index contributed by atoms with van der Waals surface area (Å²) in [5.41, 5.74) is 2.03. The van der Waals surface area contributed by atoms with Gasteiger partial charge < -0.3 is 9.64 Å². The number of carbonyl (C=O) groups excluding carboxylic acids is 1. The molecule has 0 spiro atoms. The van der Waals surface area contributed by atoms with Crippen LogP contribution in [-0.4, -0.2) is 79.1 Å². The molecule has 5 nitrogen and oxygen atoms in total. The summed E-state index contributed by atoms with van der Waals surface area (Å²) >= 11 is 0. The Bertz CT molecular complexity index is 547. The molecule has 0 aromatic heterocycles. The summed E-state index contributed by atoms with van der Waals surface area (Å²) in [5.74, 6) is 0.169. The van der Waals surface area contributed by atoms with E-state index in [1.165, 1.54) is 5.56 Å². The Morgan fingerprint density at radius 2 is 1.79 bits per heavy atom. The van der Waals surface area contributed by atoms with E-state index in [1.807, 2.05) is 17.0 Å². The Labute approximate surface area is 145 Å². The summed E-state index contributed by atoms with van der Waals surface area (Å²) in [6.07, 6.45) is 0. The highest BCUT2D eigenvalue weighted by molar-refractivity contribution is 5.94. The summed E-state index contributed by atoms with van der Waals surface area (Å²) in [7, 11) is 0. The van der Waals surface area contributed by atoms with Gasteiger partial charge >= 0.3 is 0 Å². The molecule has 0 aliphatic carbocycles. The Balaban J connectivity index is 1.60. The van der Waals surface area contributed by atoms with Crippen LogP contribution in [0.25, 0.3) is 0 Å². The predicted molar refractivity (Wildman–Crippen MR) is 95.2 cm³/mol. The standard InChI is InChI=1S/C19H29N3O2/c1-16(2)21-6-8-22(9-7-21)19(23)18-5-3-4-17(14-18)15-20-10-12-24-13-11-20/h3-5,14,16H,6-13,15H2,1-2H3. The monoisotopic (exact) mass is 331 g/mol. The minimum atomic E-state index is 0.169. The highest BCUT2D eigenvalue weighted by Crippen LogP contribution is 2.14. The maximum atomic E-state index is 12.8. The van der Waals surface area contributed by atoms with Crippen LogP contribution in [0.2, 0.25) is 0 Å². The molecule has 2 aliphatic rings. The molecule has 5 heteroatoms. The quantitative estimate of drug-likeness (QED) is 0.841. The van der Waals surface area contributed by atoms with Gasteiger partial charge in [0, 0.05) is 57.4 Å². The molecule has 0 atom stereocenters. The van der Waals surface area contributed by atoms with Gasteiger partial charge in [0.05, 0.1) is 13.2 Å². The third kappa shape index (κ3) is 4.35. The lowest BCUT2D eigenvalue weighted by atomic mass is 10.1. The molecule has 0 radical (unpaired) electrons. The molecule has 0 bridgehead atoms. The van der Waals surface area contributed by atoms with Crippen molar-refractivity contribution in [1.29, 1.82) is 0 Å². The second-order valence-corrected chi connectivity index (χ2v) is 7.01. The summed E-state index contributed by atoms with van der Waals surface area (Å²) < 4.78 is 5.40. The second kappa shape index (κ2) is 8.10. The summed E-state index contributed by atoms with van der Waals surface area (Å²) in [5, 5.41) is 0. The number of morpholine rings is 1. The van der Waals surface area contributed by atoms with Crippen LogP contribution in [0, 0.1) is 0 Å². The third-order valence-electron chi connectivity index (χ3n) is 5.02. The summed E-state index contributed by atoms with van der Waals surface area (Å²) in [6, 6.07) is 8.68. The number of ether oxygens (including phenoxy) is 1. The molecule has 2 saturated heterocycles. The fourth-order valence-electron chi connectivity index (χ4n) is 3.44. The van der Waals surface area contributed by atoms with E-state index in [2.05, 4.69) is 35.8 Å². The smallest absolute Gasteiger partial charge is 0.253 e. The number of amides is 1. The summed E-state index contributed by atoms with van der Waals surface area (Å²) in [6.45, 7) is 12.5. The van der Waals surface area contributed by atoms with Crippen LogP contribution in [-0.2, 0) is 11.3 Å². The molecule has 0 saturated carbocycles. The zero-order valence-electron chi connectivity index (χ0n) is 14.9. The molecule has 1 amide bonds. The molecule has 2 heterocycles. The molecule has 132 valence electrons. The van der Waals surface area contributed by atoms with Gasteiger partial charge in [-0.3, -0.25) is 14.6 Å². The van der Waals surface area contributed by atoms with E-state index < -0.39 is 0 Å². The average Bonchev–Trinajstić information content (AvgIpc) is 2.62. The van der Waals surface area contributed by atoms with E-state index >= 15 is 0 Å². The maximum Gasteiger partial charge on any atom is 0.253 e. The molecular formula is C19H29N3O2. The van der Waals surface area contributed by atoms with Gasteiger partial charge in [-0.2, -0.15) is 0 Å². The van der Waals surface area contributed by atoms with Crippen LogP contribution in [0.15, 0.2) is 24.3 Å². The van der Waals surface area contributed by atoms with Crippen LogP contribution in [0.5, 0.6) is 0 Å². The normalized spacial score (nSPS) is 20.5. The highest BCUT2D eigenvalue weighted by Gasteiger charge is 2.23. The van der Waals surface area contributed by atoms with Crippen molar-refractivity contribution in [2.75, 3.05) is 52.5 Å². The van der Waals surface area contributed by atoms with E-state index in [1.54, 1.807) is 0 Å². The fraction of sp³-hybridized carbons (Fsp3) is 0.632. The lowest BCUT2D eigenvalue weighted by molar-refractivity contribution is 0.0341. The van der Waals surface area contributed by atoms with Crippen molar-refractivity contribution in [3.8, 4) is 0 Å². The van der Waals surface area contributed by atoms with Crippen LogP contribution in [0.4, 0.5) is 0 Å². The van der Waals surface area contributed by atoms with E-state index in [-0.39, 0.29) is 5.91 Å². The summed E-state index contributed by atoms with van der Waals surface area (Å²) in [4.78, 5) is 19.6. The maximum absolute atomic E-state index is 12.8. The molecule has 1 aromatic rings. The van der Waals surface area contributed by atoms with Gasteiger partial charge in [-0.05, 0) is 31.5 Å². The van der Waals surface area contributed by atoms with E-state index in [0.717, 1.165) is 64.6 Å². The van der Waals surface area contributed by atoms with Crippen molar-refractivity contribution in [3.63, 3.8) is 0 Å². The van der Waals surface area contributed by atoms with Crippen molar-refractivity contribution in [2.45, 2.75) is 26.4 Å². The van der Waals surface area contributed by atoms with Gasteiger partial charge in [0.15, 0.2) is 0 Å². The highest BCUT2D eigenvalue weighted by atomic mass is 16.5. The lowest BCUT2D eigenvalue weighted by Gasteiger charge is -2.37. The van der Waals surface area contributed by atoms with E-state index in [0.29, 0.717) is 6.04 Å². The van der Waals surface area contributed by atoms with Gasteiger partial charge in [-0.1, -0.05) is 12.1 Å². The van der Waals surface area contributed by atoms with Crippen molar-refractivity contribution < 1.29 is 9.53 Å². The van der Waals surface area contributed by atoms with Gasteiger partial charge in [0.1, 0.15) is 0 Å². The Kier molecular flexibility index (Phi) is 5.87. The first-order valence-corrected chi connectivity index (χ1v) is 9.06. The Morgan fingerprint density at radius 3 is 2.46 bits per heavy atom. The minimum absolute atomic E-state index is 0.169. The largest absolute Gasteiger partial charge is 0.379 e. The first kappa shape index (κ1) is 17.4. The number of hydrogen-bond acceptors (Lipinski definition) is 4. The molecule has 3 rings (SSSR count). The Hall–Kier alpha value is -1.43. The molecule has 2 fully saturated rings. The number of piperazine rings is 1. The molecular weight excluding hydrogens is 302 g/mol. The van der Waals surface area contributed by atoms with Crippen molar-refractivity contribution in [2.24, 2.45) is 0 Å². The average molecular weight is 331 g/mol. The zero-order chi connectivity index (χ0) is 16.9. The minimum Gasteiger partial charge on any atom is -0.379 e. The van der Waals surface area contributed by atoms with Crippen LogP contribution in [0.1, 0.15) is 29.8 Å². The number of benzene rings is 1. The van der Waals surface area contributed by atoms with Crippen LogP contribution < -0.4 is 0 Å². The number of hydrogen-bond donors (Lipinski definition) is 0. The molecule has 0 N–H and O–H groups in total. The zero-order valence-corrected chi connectivity index (χ0v) is 14.9.